The lowest BCUT2D eigenvalue weighted by atomic mass is 10.1. The van der Waals surface area contributed by atoms with Gasteiger partial charge in [0.2, 0.25) is 0 Å². The van der Waals surface area contributed by atoms with Gasteiger partial charge in [0.15, 0.2) is 5.82 Å². The Morgan fingerprint density at radius 2 is 1.90 bits per heavy atom. The number of nitrogens with one attached hydrogen (secondary N) is 1. The summed E-state index contributed by atoms with van der Waals surface area (Å²) in [5, 5.41) is 10.7. The molecule has 0 radical (unpaired) electrons. The molecule has 0 aliphatic heterocycles. The standard InChI is InChI=1S/C15H17N3O2/c1-10-8-14(18-17-11(10)2)16-15(19)13-6-4-12(5-7-13)9-20-3/h4-8H,9H2,1-3H3,(H,16,18,19). The Morgan fingerprint density at radius 3 is 2.50 bits per heavy atom. The molecule has 1 aromatic heterocycles. The normalized spacial score (nSPS) is 10.3. The first-order valence-corrected chi connectivity index (χ1v) is 6.30. The summed E-state index contributed by atoms with van der Waals surface area (Å²) in [6.45, 7) is 4.34. The minimum Gasteiger partial charge on any atom is -0.380 e. The fourth-order valence-corrected chi connectivity index (χ4v) is 1.71. The van der Waals surface area contributed by atoms with Gasteiger partial charge in [0.25, 0.3) is 5.91 Å². The number of hydrogen-bond acceptors (Lipinski definition) is 4. The molecule has 0 atom stereocenters. The predicted octanol–water partition coefficient (Wildman–Crippen LogP) is 2.49. The first-order chi connectivity index (χ1) is 9.60. The second-order valence-corrected chi connectivity index (χ2v) is 4.58. The number of benzene rings is 1. The maximum Gasteiger partial charge on any atom is 0.256 e. The van der Waals surface area contributed by atoms with Crippen molar-refractivity contribution in [1.82, 2.24) is 10.2 Å². The predicted molar refractivity (Wildman–Crippen MR) is 76.6 cm³/mol. The van der Waals surface area contributed by atoms with Gasteiger partial charge >= 0.3 is 0 Å². The lowest BCUT2D eigenvalue weighted by molar-refractivity contribution is 0.102. The third-order valence-electron chi connectivity index (χ3n) is 3.00. The molecule has 104 valence electrons. The number of aryl methyl sites for hydroxylation is 2. The van der Waals surface area contributed by atoms with E-state index in [0.29, 0.717) is 18.0 Å². The van der Waals surface area contributed by atoms with Gasteiger partial charge in [-0.25, -0.2) is 0 Å². The Balaban J connectivity index is 2.09. The Hall–Kier alpha value is -2.27. The Labute approximate surface area is 118 Å². The number of nitrogens with zero attached hydrogens (tertiary/aromatic N) is 2. The summed E-state index contributed by atoms with van der Waals surface area (Å²) < 4.78 is 5.03. The highest BCUT2D eigenvalue weighted by Crippen LogP contribution is 2.11. The number of aromatic nitrogens is 2. The van der Waals surface area contributed by atoms with Crippen LogP contribution in [0.1, 0.15) is 27.2 Å². The van der Waals surface area contributed by atoms with Crippen LogP contribution in [-0.4, -0.2) is 23.2 Å². The van der Waals surface area contributed by atoms with Crippen molar-refractivity contribution < 1.29 is 9.53 Å². The average molecular weight is 271 g/mol. The van der Waals surface area contributed by atoms with Crippen molar-refractivity contribution in [1.29, 1.82) is 0 Å². The van der Waals surface area contributed by atoms with Gasteiger partial charge in [-0.1, -0.05) is 12.1 Å². The van der Waals surface area contributed by atoms with Crippen LogP contribution >= 0.6 is 0 Å². The zero-order chi connectivity index (χ0) is 14.5. The highest BCUT2D eigenvalue weighted by Gasteiger charge is 2.08. The number of methoxy groups -OCH3 is 1. The second kappa shape index (κ2) is 6.25. The zero-order valence-corrected chi connectivity index (χ0v) is 11.8. The van der Waals surface area contributed by atoms with Crippen LogP contribution in [0.2, 0.25) is 0 Å². The number of hydrogen-bond donors (Lipinski definition) is 1. The van der Waals surface area contributed by atoms with E-state index in [9.17, 15) is 4.79 Å². The highest BCUT2D eigenvalue weighted by molar-refractivity contribution is 6.03. The molecular formula is C15H17N3O2. The van der Waals surface area contributed by atoms with Gasteiger partial charge < -0.3 is 10.1 Å². The van der Waals surface area contributed by atoms with Crippen LogP contribution in [0, 0.1) is 13.8 Å². The molecule has 2 aromatic rings. The first-order valence-electron chi connectivity index (χ1n) is 6.30. The van der Waals surface area contributed by atoms with E-state index in [1.165, 1.54) is 0 Å². The maximum atomic E-state index is 12.1. The van der Waals surface area contributed by atoms with Gasteiger partial charge in [0.05, 0.1) is 12.3 Å². The summed E-state index contributed by atoms with van der Waals surface area (Å²) in [7, 11) is 1.64. The highest BCUT2D eigenvalue weighted by atomic mass is 16.5. The fourth-order valence-electron chi connectivity index (χ4n) is 1.71. The van der Waals surface area contributed by atoms with Crippen molar-refractivity contribution in [3.63, 3.8) is 0 Å². The van der Waals surface area contributed by atoms with Crippen molar-refractivity contribution in [2.75, 3.05) is 12.4 Å². The molecule has 0 spiro atoms. The molecule has 0 fully saturated rings. The summed E-state index contributed by atoms with van der Waals surface area (Å²) >= 11 is 0. The lowest BCUT2D eigenvalue weighted by Gasteiger charge is -2.06. The van der Waals surface area contributed by atoms with E-state index in [1.54, 1.807) is 25.3 Å². The monoisotopic (exact) mass is 271 g/mol. The third kappa shape index (κ3) is 3.39. The largest absolute Gasteiger partial charge is 0.380 e. The second-order valence-electron chi connectivity index (χ2n) is 4.58. The van der Waals surface area contributed by atoms with Gasteiger partial charge in [-0.15, -0.1) is 5.10 Å². The molecular weight excluding hydrogens is 254 g/mol. The number of rotatable bonds is 4. The van der Waals surface area contributed by atoms with Crippen LogP contribution in [0.5, 0.6) is 0 Å². The molecule has 1 N–H and O–H groups in total. The molecule has 0 unspecified atom stereocenters. The Bertz CT molecular complexity index is 609. The van der Waals surface area contributed by atoms with Gasteiger partial charge in [-0.3, -0.25) is 4.79 Å². The summed E-state index contributed by atoms with van der Waals surface area (Å²) in [6, 6.07) is 9.06. The Morgan fingerprint density at radius 1 is 1.20 bits per heavy atom. The van der Waals surface area contributed by atoms with Crippen molar-refractivity contribution >= 4 is 11.7 Å². The SMILES string of the molecule is COCc1ccc(C(=O)Nc2cc(C)c(C)nn2)cc1. The van der Waals surface area contributed by atoms with Gasteiger partial charge in [-0.05, 0) is 43.2 Å². The van der Waals surface area contributed by atoms with Gasteiger partial charge in [0, 0.05) is 12.7 Å². The molecule has 20 heavy (non-hydrogen) atoms. The number of carbonyl (C=O) groups is 1. The van der Waals surface area contributed by atoms with Gasteiger partial charge in [-0.2, -0.15) is 5.10 Å². The zero-order valence-electron chi connectivity index (χ0n) is 11.8. The summed E-state index contributed by atoms with van der Waals surface area (Å²) in [6.07, 6.45) is 0. The van der Waals surface area contributed by atoms with Crippen molar-refractivity contribution in [3.8, 4) is 0 Å². The molecule has 0 saturated heterocycles. The summed E-state index contributed by atoms with van der Waals surface area (Å²) in [4.78, 5) is 12.1. The minimum atomic E-state index is -0.202. The lowest BCUT2D eigenvalue weighted by Crippen LogP contribution is -2.14. The van der Waals surface area contributed by atoms with Crippen LogP contribution in [0.3, 0.4) is 0 Å². The van der Waals surface area contributed by atoms with Crippen molar-refractivity contribution in [2.45, 2.75) is 20.5 Å². The number of ether oxygens (including phenoxy) is 1. The van der Waals surface area contributed by atoms with E-state index in [2.05, 4.69) is 15.5 Å². The molecule has 0 aliphatic rings. The number of anilines is 1. The first kappa shape index (κ1) is 14.1. The summed E-state index contributed by atoms with van der Waals surface area (Å²) in [5.41, 5.74) is 3.44. The smallest absolute Gasteiger partial charge is 0.256 e. The average Bonchev–Trinajstić information content (AvgIpc) is 2.44. The van der Waals surface area contributed by atoms with Crippen molar-refractivity contribution in [2.24, 2.45) is 0 Å². The quantitative estimate of drug-likeness (QED) is 0.928. The molecule has 5 heteroatoms. The van der Waals surface area contributed by atoms with E-state index in [0.717, 1.165) is 16.8 Å². The van der Waals surface area contributed by atoms with Crippen LogP contribution in [0.4, 0.5) is 5.82 Å². The van der Waals surface area contributed by atoms with Crippen molar-refractivity contribution in [3.05, 3.63) is 52.7 Å². The minimum absolute atomic E-state index is 0.202. The molecule has 1 amide bonds. The summed E-state index contributed by atoms with van der Waals surface area (Å²) in [5.74, 6) is 0.255. The third-order valence-corrected chi connectivity index (χ3v) is 3.00. The Kier molecular flexibility index (Phi) is 4.42. The molecule has 5 nitrogen and oxygen atoms in total. The van der Waals surface area contributed by atoms with Crippen LogP contribution in [0.25, 0.3) is 0 Å². The number of carbonyl (C=O) groups excluding carboxylic acids is 1. The fraction of sp³-hybridized carbons (Fsp3) is 0.267. The van der Waals surface area contributed by atoms with E-state index >= 15 is 0 Å². The number of amides is 1. The van der Waals surface area contributed by atoms with Crippen LogP contribution in [0.15, 0.2) is 30.3 Å². The van der Waals surface area contributed by atoms with E-state index in [-0.39, 0.29) is 5.91 Å². The molecule has 1 aromatic carbocycles. The van der Waals surface area contributed by atoms with Crippen LogP contribution in [-0.2, 0) is 11.3 Å². The molecule has 0 aliphatic carbocycles. The molecule has 1 heterocycles. The molecule has 2 rings (SSSR count). The molecule has 0 bridgehead atoms. The van der Waals surface area contributed by atoms with E-state index in [4.69, 9.17) is 4.74 Å². The van der Waals surface area contributed by atoms with Gasteiger partial charge in [0.1, 0.15) is 0 Å². The van der Waals surface area contributed by atoms with E-state index in [1.807, 2.05) is 26.0 Å². The van der Waals surface area contributed by atoms with E-state index < -0.39 is 0 Å². The topological polar surface area (TPSA) is 64.1 Å². The maximum absolute atomic E-state index is 12.1. The molecule has 0 saturated carbocycles. The van der Waals surface area contributed by atoms with Crippen LogP contribution < -0.4 is 5.32 Å².